The van der Waals surface area contributed by atoms with Gasteiger partial charge in [0.05, 0.1) is 5.75 Å². The number of hydrogen-bond donors (Lipinski definition) is 1. The van der Waals surface area contributed by atoms with Gasteiger partial charge in [0.25, 0.3) is 0 Å². The Morgan fingerprint density at radius 3 is 1.89 bits per heavy atom. The molecule has 1 amide bonds. The van der Waals surface area contributed by atoms with Crippen LogP contribution in [-0.2, 0) is 4.79 Å². The van der Waals surface area contributed by atoms with E-state index in [1.807, 2.05) is 0 Å². The van der Waals surface area contributed by atoms with Gasteiger partial charge < -0.3 is 5.32 Å². The van der Waals surface area contributed by atoms with Gasteiger partial charge in [-0.1, -0.05) is 71.4 Å². The molecule has 35 heavy (non-hydrogen) atoms. The summed E-state index contributed by atoms with van der Waals surface area (Å²) in [6.07, 6.45) is 7.61. The molecule has 2 aromatic carbocycles. The number of carbonyl (C=O) groups is 1. The van der Waals surface area contributed by atoms with Gasteiger partial charge >= 0.3 is 0 Å². The number of aromatic nitrogens is 3. The summed E-state index contributed by atoms with van der Waals surface area (Å²) in [6.45, 7) is 4.15. The van der Waals surface area contributed by atoms with Crippen molar-refractivity contribution >= 4 is 17.7 Å². The highest BCUT2D eigenvalue weighted by atomic mass is 32.2. The molecule has 5 nitrogen and oxygen atoms in total. The van der Waals surface area contributed by atoms with Crippen molar-refractivity contribution in [1.29, 1.82) is 0 Å². The van der Waals surface area contributed by atoms with Crippen LogP contribution in [-0.4, -0.2) is 32.4 Å². The Bertz CT molecular complexity index is 1200. The molecule has 0 radical (unpaired) electrons. The molecule has 1 heterocycles. The van der Waals surface area contributed by atoms with Crippen LogP contribution in [0.25, 0.3) is 22.5 Å². The standard InChI is InChI=1S/C29H32N4OS/c1-18-3-7-23(8-4-18)26-27(24-9-5-19(2)6-10-24)32-33-28(30-26)35-17-25(34)31-29-14-20-11-21(15-29)13-22(12-20)16-29/h3-10,20-22H,11-17H2,1-2H3,(H,31,34). The van der Waals surface area contributed by atoms with Gasteiger partial charge in [-0.2, -0.15) is 0 Å². The maximum atomic E-state index is 13.0. The normalized spacial score (nSPS) is 26.6. The Labute approximate surface area is 211 Å². The van der Waals surface area contributed by atoms with Crippen LogP contribution in [0.5, 0.6) is 0 Å². The van der Waals surface area contributed by atoms with Crippen molar-refractivity contribution in [3.05, 3.63) is 59.7 Å². The number of nitrogens with one attached hydrogen (secondary N) is 1. The molecular formula is C29H32N4OS. The van der Waals surface area contributed by atoms with Crippen molar-refractivity contribution in [3.8, 4) is 22.5 Å². The lowest BCUT2D eigenvalue weighted by Gasteiger charge is -2.56. The second-order valence-electron chi connectivity index (χ2n) is 11.1. The summed E-state index contributed by atoms with van der Waals surface area (Å²) in [5, 5.41) is 13.0. The number of aryl methyl sites for hydroxylation is 2. The van der Waals surface area contributed by atoms with E-state index >= 15 is 0 Å². The van der Waals surface area contributed by atoms with Crippen molar-refractivity contribution in [2.24, 2.45) is 17.8 Å². The molecule has 1 N–H and O–H groups in total. The van der Waals surface area contributed by atoms with E-state index in [0.29, 0.717) is 10.9 Å². The van der Waals surface area contributed by atoms with Crippen LogP contribution < -0.4 is 5.32 Å². The van der Waals surface area contributed by atoms with Gasteiger partial charge in [-0.25, -0.2) is 4.98 Å². The monoisotopic (exact) mass is 484 g/mol. The number of hydrogen-bond acceptors (Lipinski definition) is 5. The third-order valence-electron chi connectivity index (χ3n) is 8.09. The summed E-state index contributed by atoms with van der Waals surface area (Å²) in [7, 11) is 0. The van der Waals surface area contributed by atoms with E-state index in [-0.39, 0.29) is 11.4 Å². The first-order chi connectivity index (χ1) is 16.9. The zero-order valence-corrected chi connectivity index (χ0v) is 21.3. The fourth-order valence-electron chi connectivity index (χ4n) is 6.92. The number of thioether (sulfide) groups is 1. The Balaban J connectivity index is 1.20. The lowest BCUT2D eigenvalue weighted by Crippen LogP contribution is -2.60. The molecule has 0 spiro atoms. The molecule has 0 atom stereocenters. The van der Waals surface area contributed by atoms with Crippen molar-refractivity contribution in [2.45, 2.75) is 63.1 Å². The van der Waals surface area contributed by atoms with Crippen LogP contribution >= 0.6 is 11.8 Å². The fraction of sp³-hybridized carbons (Fsp3) is 0.448. The zero-order chi connectivity index (χ0) is 24.0. The molecule has 0 saturated heterocycles. The number of rotatable bonds is 6. The van der Waals surface area contributed by atoms with Crippen LogP contribution in [0.2, 0.25) is 0 Å². The molecule has 4 aliphatic rings. The van der Waals surface area contributed by atoms with E-state index in [2.05, 4.69) is 77.9 Å². The molecule has 3 aromatic rings. The third kappa shape index (κ3) is 4.73. The second kappa shape index (κ2) is 9.05. The second-order valence-corrected chi connectivity index (χ2v) is 12.0. The average Bonchev–Trinajstić information content (AvgIpc) is 2.83. The van der Waals surface area contributed by atoms with E-state index in [9.17, 15) is 4.79 Å². The van der Waals surface area contributed by atoms with Crippen LogP contribution in [0.15, 0.2) is 53.7 Å². The SMILES string of the molecule is Cc1ccc(-c2nnc(SCC(=O)NC34CC5CC(CC(C5)C3)C4)nc2-c2ccc(C)cc2)cc1. The van der Waals surface area contributed by atoms with Crippen molar-refractivity contribution in [1.82, 2.24) is 20.5 Å². The lowest BCUT2D eigenvalue weighted by atomic mass is 9.53. The smallest absolute Gasteiger partial charge is 0.230 e. The number of nitrogens with zero attached hydrogens (tertiary/aromatic N) is 3. The number of amides is 1. The lowest BCUT2D eigenvalue weighted by molar-refractivity contribution is -0.124. The van der Waals surface area contributed by atoms with E-state index < -0.39 is 0 Å². The van der Waals surface area contributed by atoms with E-state index in [4.69, 9.17) is 4.98 Å². The topological polar surface area (TPSA) is 67.8 Å². The van der Waals surface area contributed by atoms with Gasteiger partial charge in [0.15, 0.2) is 0 Å². The number of benzene rings is 2. The van der Waals surface area contributed by atoms with E-state index in [1.54, 1.807) is 0 Å². The van der Waals surface area contributed by atoms with Crippen LogP contribution in [0.1, 0.15) is 49.7 Å². The molecular weight excluding hydrogens is 452 g/mol. The predicted octanol–water partition coefficient (Wildman–Crippen LogP) is 6.00. The van der Waals surface area contributed by atoms with Gasteiger partial charge in [0.1, 0.15) is 11.4 Å². The van der Waals surface area contributed by atoms with Crippen LogP contribution in [0.4, 0.5) is 0 Å². The molecule has 4 saturated carbocycles. The van der Waals surface area contributed by atoms with Crippen LogP contribution in [0, 0.1) is 31.6 Å². The molecule has 0 aliphatic heterocycles. The molecule has 0 unspecified atom stereocenters. The van der Waals surface area contributed by atoms with Gasteiger partial charge in [0.2, 0.25) is 11.1 Å². The maximum absolute atomic E-state index is 13.0. The minimum Gasteiger partial charge on any atom is -0.350 e. The molecule has 4 fully saturated rings. The Kier molecular flexibility index (Phi) is 5.87. The summed E-state index contributed by atoms with van der Waals surface area (Å²) >= 11 is 1.38. The van der Waals surface area contributed by atoms with E-state index in [1.165, 1.54) is 42.2 Å². The molecule has 180 valence electrons. The van der Waals surface area contributed by atoms with Crippen LogP contribution in [0.3, 0.4) is 0 Å². The molecule has 1 aromatic heterocycles. The van der Waals surface area contributed by atoms with Gasteiger partial charge in [-0.05, 0) is 70.1 Å². The first-order valence-electron chi connectivity index (χ1n) is 12.8. The van der Waals surface area contributed by atoms with Gasteiger partial charge in [-0.15, -0.1) is 10.2 Å². The summed E-state index contributed by atoms with van der Waals surface area (Å²) in [4.78, 5) is 17.9. The molecule has 6 heteroatoms. The minimum absolute atomic E-state index is 0.0356. The quantitative estimate of drug-likeness (QED) is 0.435. The first-order valence-corrected chi connectivity index (χ1v) is 13.8. The Morgan fingerprint density at radius 1 is 0.829 bits per heavy atom. The Hall–Kier alpha value is -2.73. The highest BCUT2D eigenvalue weighted by molar-refractivity contribution is 7.99. The first kappa shape index (κ1) is 22.7. The van der Waals surface area contributed by atoms with E-state index in [0.717, 1.165) is 59.5 Å². The average molecular weight is 485 g/mol. The molecule has 4 aliphatic carbocycles. The van der Waals surface area contributed by atoms with Crippen molar-refractivity contribution in [3.63, 3.8) is 0 Å². The molecule has 7 rings (SSSR count). The predicted molar refractivity (Wildman–Crippen MR) is 140 cm³/mol. The largest absolute Gasteiger partial charge is 0.350 e. The van der Waals surface area contributed by atoms with Crippen molar-refractivity contribution in [2.75, 3.05) is 5.75 Å². The van der Waals surface area contributed by atoms with Gasteiger partial charge in [0, 0.05) is 16.7 Å². The summed E-state index contributed by atoms with van der Waals surface area (Å²) in [5.74, 6) is 2.86. The fourth-order valence-corrected chi connectivity index (χ4v) is 7.50. The summed E-state index contributed by atoms with van der Waals surface area (Å²) < 4.78 is 0. The summed E-state index contributed by atoms with van der Waals surface area (Å²) in [6, 6.07) is 16.6. The molecule has 4 bridgehead atoms. The number of carbonyl (C=O) groups excluding carboxylic acids is 1. The minimum atomic E-state index is 0.0356. The zero-order valence-electron chi connectivity index (χ0n) is 20.5. The Morgan fingerprint density at radius 2 is 1.34 bits per heavy atom. The summed E-state index contributed by atoms with van der Waals surface area (Å²) in [5.41, 5.74) is 5.98. The highest BCUT2D eigenvalue weighted by Crippen LogP contribution is 2.55. The maximum Gasteiger partial charge on any atom is 0.230 e. The third-order valence-corrected chi connectivity index (χ3v) is 8.93. The van der Waals surface area contributed by atoms with Gasteiger partial charge in [-0.3, -0.25) is 4.79 Å². The van der Waals surface area contributed by atoms with Crippen molar-refractivity contribution < 1.29 is 4.79 Å². The highest BCUT2D eigenvalue weighted by Gasteiger charge is 2.51.